The molecule has 0 spiro atoms. The lowest BCUT2D eigenvalue weighted by Crippen LogP contribution is -2.30. The van der Waals surface area contributed by atoms with E-state index in [2.05, 4.69) is 11.4 Å². The molecule has 0 fully saturated rings. The number of hydrogen-bond acceptors (Lipinski definition) is 3. The summed E-state index contributed by atoms with van der Waals surface area (Å²) in [5.74, 6) is -1.04. The second kappa shape index (κ2) is 8.94. The number of carbonyl (C=O) groups is 2. The predicted octanol–water partition coefficient (Wildman–Crippen LogP) is 4.16. The molecule has 1 amide bonds. The molecule has 0 aromatic heterocycles. The van der Waals surface area contributed by atoms with Crippen molar-refractivity contribution in [3.63, 3.8) is 0 Å². The van der Waals surface area contributed by atoms with E-state index in [0.29, 0.717) is 6.54 Å². The van der Waals surface area contributed by atoms with Gasteiger partial charge in [-0.3, -0.25) is 4.79 Å². The molecule has 4 nitrogen and oxygen atoms in total. The summed E-state index contributed by atoms with van der Waals surface area (Å²) in [6, 6.07) is 4.72. The van der Waals surface area contributed by atoms with Crippen LogP contribution in [0.5, 0.6) is 0 Å². The zero-order valence-electron chi connectivity index (χ0n) is 12.7. The van der Waals surface area contributed by atoms with Crippen LogP contribution >= 0.6 is 23.2 Å². The molecule has 0 saturated heterocycles. The average molecular weight is 356 g/mol. The van der Waals surface area contributed by atoms with Crippen molar-refractivity contribution in [2.75, 3.05) is 13.2 Å². The summed E-state index contributed by atoms with van der Waals surface area (Å²) in [4.78, 5) is 23.6. The van der Waals surface area contributed by atoms with Gasteiger partial charge in [-0.15, -0.1) is 0 Å². The lowest BCUT2D eigenvalue weighted by Gasteiger charge is -2.13. The lowest BCUT2D eigenvalue weighted by atomic mass is 9.97. The normalized spacial score (nSPS) is 14.1. The van der Waals surface area contributed by atoms with E-state index in [1.165, 1.54) is 18.4 Å². The number of ether oxygens (including phenoxy) is 1. The van der Waals surface area contributed by atoms with Gasteiger partial charge in [-0.25, -0.2) is 4.79 Å². The first-order valence-corrected chi connectivity index (χ1v) is 8.39. The van der Waals surface area contributed by atoms with Gasteiger partial charge in [0, 0.05) is 6.54 Å². The molecule has 2 rings (SSSR count). The molecule has 23 heavy (non-hydrogen) atoms. The summed E-state index contributed by atoms with van der Waals surface area (Å²) in [6.07, 6.45) is 7.78. The van der Waals surface area contributed by atoms with Crippen molar-refractivity contribution in [3.05, 3.63) is 45.5 Å². The SMILES string of the molecule is O=C(COC(=O)c1c(Cl)cccc1Cl)NCCC1=CCCCC1. The Labute approximate surface area is 145 Å². The van der Waals surface area contributed by atoms with Gasteiger partial charge in [0.15, 0.2) is 6.61 Å². The highest BCUT2D eigenvalue weighted by Crippen LogP contribution is 2.24. The summed E-state index contributed by atoms with van der Waals surface area (Å²) in [6.45, 7) is 0.203. The number of halogens is 2. The quantitative estimate of drug-likeness (QED) is 0.615. The van der Waals surface area contributed by atoms with Crippen molar-refractivity contribution in [1.82, 2.24) is 5.32 Å². The van der Waals surface area contributed by atoms with Gasteiger partial charge in [-0.05, 0) is 44.2 Å². The molecular formula is C17H19Cl2NO3. The third-order valence-electron chi connectivity index (χ3n) is 3.65. The van der Waals surface area contributed by atoms with E-state index in [9.17, 15) is 9.59 Å². The first-order chi connectivity index (χ1) is 11.1. The van der Waals surface area contributed by atoms with Crippen LogP contribution in [0.25, 0.3) is 0 Å². The van der Waals surface area contributed by atoms with E-state index in [4.69, 9.17) is 27.9 Å². The van der Waals surface area contributed by atoms with E-state index in [-0.39, 0.29) is 28.1 Å². The largest absolute Gasteiger partial charge is 0.452 e. The third-order valence-corrected chi connectivity index (χ3v) is 4.28. The van der Waals surface area contributed by atoms with Crippen molar-refractivity contribution in [2.45, 2.75) is 32.1 Å². The Morgan fingerprint density at radius 1 is 1.17 bits per heavy atom. The number of amides is 1. The Kier molecular flexibility index (Phi) is 6.93. The fourth-order valence-corrected chi connectivity index (χ4v) is 2.99. The van der Waals surface area contributed by atoms with Crippen LogP contribution in [0.2, 0.25) is 10.0 Å². The van der Waals surface area contributed by atoms with Gasteiger partial charge in [0.1, 0.15) is 0 Å². The Morgan fingerprint density at radius 3 is 2.57 bits per heavy atom. The molecule has 124 valence electrons. The fraction of sp³-hybridized carbons (Fsp3) is 0.412. The van der Waals surface area contributed by atoms with Crippen LogP contribution < -0.4 is 5.32 Å². The first-order valence-electron chi connectivity index (χ1n) is 7.63. The van der Waals surface area contributed by atoms with Crippen LogP contribution in [0.4, 0.5) is 0 Å². The van der Waals surface area contributed by atoms with Crippen LogP contribution in [0.15, 0.2) is 29.8 Å². The molecule has 1 aromatic rings. The number of benzene rings is 1. The minimum absolute atomic E-state index is 0.0796. The van der Waals surface area contributed by atoms with E-state index >= 15 is 0 Å². The Hall–Kier alpha value is -1.52. The molecule has 0 bridgehead atoms. The highest BCUT2D eigenvalue weighted by Gasteiger charge is 2.17. The van der Waals surface area contributed by atoms with Gasteiger partial charge >= 0.3 is 5.97 Å². The predicted molar refractivity (Wildman–Crippen MR) is 90.9 cm³/mol. The lowest BCUT2D eigenvalue weighted by molar-refractivity contribution is -0.124. The Balaban J connectivity index is 1.73. The van der Waals surface area contributed by atoms with Gasteiger partial charge in [-0.2, -0.15) is 0 Å². The second-order valence-corrected chi connectivity index (χ2v) is 6.20. The van der Waals surface area contributed by atoms with Crippen LogP contribution in [0.3, 0.4) is 0 Å². The zero-order chi connectivity index (χ0) is 16.7. The summed E-state index contributed by atoms with van der Waals surface area (Å²) < 4.78 is 4.96. The standard InChI is InChI=1S/C17H19Cl2NO3/c18-13-7-4-8-14(19)16(13)17(22)23-11-15(21)20-10-9-12-5-2-1-3-6-12/h4-5,7-8H,1-3,6,9-11H2,(H,20,21). The van der Waals surface area contributed by atoms with E-state index < -0.39 is 5.97 Å². The van der Waals surface area contributed by atoms with Crippen LogP contribution in [0.1, 0.15) is 42.5 Å². The summed E-state index contributed by atoms with van der Waals surface area (Å²) in [5, 5.41) is 3.15. The third kappa shape index (κ3) is 5.56. The fourth-order valence-electron chi connectivity index (χ4n) is 2.44. The van der Waals surface area contributed by atoms with Gasteiger partial charge in [0.05, 0.1) is 15.6 Å². The van der Waals surface area contributed by atoms with E-state index in [0.717, 1.165) is 19.3 Å². The highest BCUT2D eigenvalue weighted by atomic mass is 35.5. The number of esters is 1. The molecule has 1 aliphatic carbocycles. The van der Waals surface area contributed by atoms with Gasteiger partial charge in [0.2, 0.25) is 0 Å². The topological polar surface area (TPSA) is 55.4 Å². The maximum Gasteiger partial charge on any atom is 0.341 e. The van der Waals surface area contributed by atoms with Crippen molar-refractivity contribution >= 4 is 35.1 Å². The van der Waals surface area contributed by atoms with Gasteiger partial charge in [0.25, 0.3) is 5.91 Å². The molecule has 0 saturated carbocycles. The minimum Gasteiger partial charge on any atom is -0.452 e. The molecule has 0 heterocycles. The average Bonchev–Trinajstić information content (AvgIpc) is 2.54. The Bertz CT molecular complexity index is 594. The number of carbonyl (C=O) groups excluding carboxylic acids is 2. The van der Waals surface area contributed by atoms with Crippen molar-refractivity contribution in [1.29, 1.82) is 0 Å². The monoisotopic (exact) mass is 355 g/mol. The molecule has 1 aliphatic rings. The molecule has 0 aliphatic heterocycles. The maximum absolute atomic E-state index is 11.9. The minimum atomic E-state index is -0.703. The molecular weight excluding hydrogens is 337 g/mol. The molecule has 0 radical (unpaired) electrons. The zero-order valence-corrected chi connectivity index (χ0v) is 14.3. The smallest absolute Gasteiger partial charge is 0.341 e. The van der Waals surface area contributed by atoms with Crippen molar-refractivity contribution in [3.8, 4) is 0 Å². The summed E-state index contributed by atoms with van der Waals surface area (Å²) in [7, 11) is 0. The van der Waals surface area contributed by atoms with Crippen molar-refractivity contribution < 1.29 is 14.3 Å². The second-order valence-electron chi connectivity index (χ2n) is 5.38. The van der Waals surface area contributed by atoms with Crippen molar-refractivity contribution in [2.24, 2.45) is 0 Å². The number of rotatable bonds is 6. The Morgan fingerprint density at radius 2 is 1.91 bits per heavy atom. The summed E-state index contributed by atoms with van der Waals surface area (Å²) >= 11 is 11.8. The van der Waals surface area contributed by atoms with Crippen LogP contribution in [-0.2, 0) is 9.53 Å². The molecule has 1 aromatic carbocycles. The first kappa shape index (κ1) is 17.8. The molecule has 1 N–H and O–H groups in total. The molecule has 0 unspecified atom stereocenters. The van der Waals surface area contributed by atoms with E-state index in [1.807, 2.05) is 0 Å². The number of nitrogens with one attached hydrogen (secondary N) is 1. The summed E-state index contributed by atoms with van der Waals surface area (Å²) in [5.41, 5.74) is 1.47. The van der Waals surface area contributed by atoms with Gasteiger partial charge < -0.3 is 10.1 Å². The molecule has 6 heteroatoms. The maximum atomic E-state index is 11.9. The highest BCUT2D eigenvalue weighted by molar-refractivity contribution is 6.39. The van der Waals surface area contributed by atoms with Gasteiger partial charge in [-0.1, -0.05) is 40.9 Å². The van der Waals surface area contributed by atoms with E-state index in [1.54, 1.807) is 18.2 Å². The molecule has 0 atom stereocenters. The number of hydrogen-bond donors (Lipinski definition) is 1. The van der Waals surface area contributed by atoms with Crippen LogP contribution in [-0.4, -0.2) is 25.0 Å². The van der Waals surface area contributed by atoms with Crippen LogP contribution in [0, 0.1) is 0 Å². The number of allylic oxidation sites excluding steroid dienone is 1.